The normalized spacial score (nSPS) is 20.2. The lowest BCUT2D eigenvalue weighted by Gasteiger charge is -2.17. The third-order valence-electron chi connectivity index (χ3n) is 3.62. The maximum Gasteiger partial charge on any atom is 0.270 e. The summed E-state index contributed by atoms with van der Waals surface area (Å²) in [7, 11) is 1.44. The van der Waals surface area contributed by atoms with E-state index in [1.165, 1.54) is 12.3 Å². The summed E-state index contributed by atoms with van der Waals surface area (Å²) in [6, 6.07) is 1.29. The van der Waals surface area contributed by atoms with Gasteiger partial charge in [0.1, 0.15) is 10.6 Å². The van der Waals surface area contributed by atoms with E-state index in [0.29, 0.717) is 18.4 Å². The van der Waals surface area contributed by atoms with E-state index in [1.54, 1.807) is 4.90 Å². The lowest BCUT2D eigenvalue weighted by atomic mass is 9.95. The number of nitrogens with zero attached hydrogens (tertiary/aromatic N) is 1. The molecule has 1 aliphatic heterocycles. The van der Waals surface area contributed by atoms with Gasteiger partial charge in [0.25, 0.3) is 15.0 Å². The molecule has 1 aliphatic rings. The molecule has 0 radical (unpaired) electrons. The quantitative estimate of drug-likeness (QED) is 0.869. The van der Waals surface area contributed by atoms with Crippen molar-refractivity contribution in [1.82, 2.24) is 9.88 Å². The van der Waals surface area contributed by atoms with Crippen LogP contribution in [0.15, 0.2) is 17.2 Å². The van der Waals surface area contributed by atoms with Gasteiger partial charge < -0.3 is 9.88 Å². The number of hydrogen-bond acceptors (Lipinski definition) is 3. The highest BCUT2D eigenvalue weighted by molar-refractivity contribution is 8.13. The number of rotatable bonds is 3. The molecule has 1 aromatic rings. The average molecular weight is 305 g/mol. The third-order valence-corrected chi connectivity index (χ3v) is 4.96. The average Bonchev–Trinajstić information content (AvgIpc) is 2.97. The van der Waals surface area contributed by atoms with Gasteiger partial charge in [0.05, 0.1) is 0 Å². The first-order valence-corrected chi connectivity index (χ1v) is 8.52. The Morgan fingerprint density at radius 1 is 1.53 bits per heavy atom. The van der Waals surface area contributed by atoms with E-state index in [9.17, 15) is 13.2 Å². The van der Waals surface area contributed by atoms with E-state index >= 15 is 0 Å². The van der Waals surface area contributed by atoms with Gasteiger partial charge in [0, 0.05) is 30.0 Å². The summed E-state index contributed by atoms with van der Waals surface area (Å²) >= 11 is 0. The van der Waals surface area contributed by atoms with Gasteiger partial charge in [0.15, 0.2) is 0 Å². The molecule has 0 saturated carbocycles. The van der Waals surface area contributed by atoms with Crippen LogP contribution in [0.4, 0.5) is 0 Å². The van der Waals surface area contributed by atoms with Crippen molar-refractivity contribution in [3.63, 3.8) is 0 Å². The molecule has 1 N–H and O–H groups in total. The Morgan fingerprint density at radius 2 is 2.21 bits per heavy atom. The molecule has 0 spiro atoms. The van der Waals surface area contributed by atoms with Crippen molar-refractivity contribution in [2.75, 3.05) is 13.1 Å². The number of amides is 1. The summed E-state index contributed by atoms with van der Waals surface area (Å²) in [6.45, 7) is 5.72. The first kappa shape index (κ1) is 14.4. The number of carbonyl (C=O) groups excluding carboxylic acids is 1. The van der Waals surface area contributed by atoms with Gasteiger partial charge in [-0.1, -0.05) is 13.8 Å². The molecular formula is C12H17ClN2O3S. The molecule has 1 unspecified atom stereocenters. The molecule has 0 aliphatic carbocycles. The van der Waals surface area contributed by atoms with Crippen LogP contribution < -0.4 is 0 Å². The Hall–Kier alpha value is -1.01. The zero-order valence-electron chi connectivity index (χ0n) is 10.9. The lowest BCUT2D eigenvalue weighted by molar-refractivity contribution is 0.0779. The molecule has 106 valence electrons. The third kappa shape index (κ3) is 3.12. The number of nitrogens with one attached hydrogen (secondary N) is 1. The minimum atomic E-state index is -3.79. The van der Waals surface area contributed by atoms with Gasteiger partial charge in [-0.05, 0) is 24.3 Å². The molecule has 1 fully saturated rings. The zero-order valence-corrected chi connectivity index (χ0v) is 12.5. The maximum atomic E-state index is 12.2. The van der Waals surface area contributed by atoms with Crippen molar-refractivity contribution in [1.29, 1.82) is 0 Å². The van der Waals surface area contributed by atoms with Gasteiger partial charge in [-0.3, -0.25) is 4.79 Å². The molecule has 1 atom stereocenters. The Labute approximate surface area is 117 Å². The molecule has 19 heavy (non-hydrogen) atoms. The number of likely N-dealkylation sites (tertiary alicyclic amines) is 1. The van der Waals surface area contributed by atoms with Crippen LogP contribution in [0.25, 0.3) is 0 Å². The fourth-order valence-corrected chi connectivity index (χ4v) is 3.05. The van der Waals surface area contributed by atoms with Gasteiger partial charge >= 0.3 is 0 Å². The van der Waals surface area contributed by atoms with Crippen LogP contribution in [0.2, 0.25) is 0 Å². The highest BCUT2D eigenvalue weighted by atomic mass is 35.7. The number of halogens is 1. The fraction of sp³-hybridized carbons (Fsp3) is 0.583. The monoisotopic (exact) mass is 304 g/mol. The molecule has 0 aromatic carbocycles. The Bertz CT molecular complexity index is 580. The highest BCUT2D eigenvalue weighted by Crippen LogP contribution is 2.25. The van der Waals surface area contributed by atoms with E-state index in [0.717, 1.165) is 13.0 Å². The molecule has 1 amide bonds. The van der Waals surface area contributed by atoms with E-state index in [-0.39, 0.29) is 16.5 Å². The highest BCUT2D eigenvalue weighted by Gasteiger charge is 2.29. The van der Waals surface area contributed by atoms with Crippen LogP contribution in [0.3, 0.4) is 0 Å². The van der Waals surface area contributed by atoms with Crippen LogP contribution in [0, 0.1) is 11.8 Å². The standard InChI is InChI=1S/C12H17ClN2O3S/c1-8(2)9-3-4-15(7-9)12(16)11-5-10(6-14-11)19(13,17)18/h5-6,8-9,14H,3-4,7H2,1-2H3. The predicted octanol–water partition coefficient (Wildman–Crippen LogP) is 2.06. The first-order chi connectivity index (χ1) is 8.79. The second-order valence-electron chi connectivity index (χ2n) is 5.23. The largest absolute Gasteiger partial charge is 0.356 e. The summed E-state index contributed by atoms with van der Waals surface area (Å²) < 4.78 is 22.3. The smallest absolute Gasteiger partial charge is 0.270 e. The van der Waals surface area contributed by atoms with Crippen LogP contribution in [-0.2, 0) is 9.05 Å². The SMILES string of the molecule is CC(C)C1CCN(C(=O)c2cc(S(=O)(=O)Cl)c[nH]2)C1. The maximum absolute atomic E-state index is 12.2. The number of aromatic amines is 1. The summed E-state index contributed by atoms with van der Waals surface area (Å²) in [5.41, 5.74) is 0.267. The Kier molecular flexibility index (Phi) is 3.92. The molecule has 0 bridgehead atoms. The molecule has 5 nitrogen and oxygen atoms in total. The number of carbonyl (C=O) groups is 1. The first-order valence-electron chi connectivity index (χ1n) is 6.21. The van der Waals surface area contributed by atoms with E-state index in [1.807, 2.05) is 0 Å². The van der Waals surface area contributed by atoms with E-state index in [4.69, 9.17) is 10.7 Å². The van der Waals surface area contributed by atoms with Crippen LogP contribution in [-0.4, -0.2) is 37.3 Å². The predicted molar refractivity (Wildman–Crippen MR) is 72.7 cm³/mol. The fourth-order valence-electron chi connectivity index (χ4n) is 2.32. The summed E-state index contributed by atoms with van der Waals surface area (Å²) in [5.74, 6) is 0.880. The van der Waals surface area contributed by atoms with Crippen LogP contribution >= 0.6 is 10.7 Å². The second kappa shape index (κ2) is 5.17. The van der Waals surface area contributed by atoms with Crippen molar-refractivity contribution in [3.05, 3.63) is 18.0 Å². The van der Waals surface area contributed by atoms with Crippen LogP contribution in [0.5, 0.6) is 0 Å². The van der Waals surface area contributed by atoms with Crippen molar-refractivity contribution >= 4 is 25.6 Å². The van der Waals surface area contributed by atoms with E-state index in [2.05, 4.69) is 18.8 Å². The summed E-state index contributed by atoms with van der Waals surface area (Å²) in [5, 5.41) is 0. The molecule has 2 rings (SSSR count). The number of hydrogen-bond donors (Lipinski definition) is 1. The van der Waals surface area contributed by atoms with Gasteiger partial charge in [0.2, 0.25) is 0 Å². The minimum Gasteiger partial charge on any atom is -0.356 e. The molecule has 2 heterocycles. The van der Waals surface area contributed by atoms with Crippen molar-refractivity contribution < 1.29 is 13.2 Å². The lowest BCUT2D eigenvalue weighted by Crippen LogP contribution is -2.29. The molecule has 1 aromatic heterocycles. The Balaban J connectivity index is 2.11. The van der Waals surface area contributed by atoms with Gasteiger partial charge in [-0.15, -0.1) is 0 Å². The van der Waals surface area contributed by atoms with Gasteiger partial charge in [-0.2, -0.15) is 0 Å². The molecular weight excluding hydrogens is 288 g/mol. The van der Waals surface area contributed by atoms with E-state index < -0.39 is 9.05 Å². The van der Waals surface area contributed by atoms with Crippen molar-refractivity contribution in [3.8, 4) is 0 Å². The topological polar surface area (TPSA) is 70.2 Å². The summed E-state index contributed by atoms with van der Waals surface area (Å²) in [4.78, 5) is 16.6. The van der Waals surface area contributed by atoms with Crippen LogP contribution in [0.1, 0.15) is 30.8 Å². The Morgan fingerprint density at radius 3 is 2.68 bits per heavy atom. The zero-order chi connectivity index (χ0) is 14.2. The summed E-state index contributed by atoms with van der Waals surface area (Å²) in [6.07, 6.45) is 2.23. The van der Waals surface area contributed by atoms with Gasteiger partial charge in [-0.25, -0.2) is 8.42 Å². The number of aromatic nitrogens is 1. The number of H-pyrrole nitrogens is 1. The van der Waals surface area contributed by atoms with Crippen molar-refractivity contribution in [2.24, 2.45) is 11.8 Å². The minimum absolute atomic E-state index is 0.0721. The molecule has 7 heteroatoms. The second-order valence-corrected chi connectivity index (χ2v) is 7.80. The van der Waals surface area contributed by atoms with Crippen molar-refractivity contribution in [2.45, 2.75) is 25.2 Å². The molecule has 1 saturated heterocycles.